The molecule has 0 amide bonds. The molecule has 114 valence electrons. The summed E-state index contributed by atoms with van der Waals surface area (Å²) in [4.78, 5) is 4.36. The quantitative estimate of drug-likeness (QED) is 0.907. The number of thioether (sulfide) groups is 1. The smallest absolute Gasteiger partial charge is 0.186 e. The van der Waals surface area contributed by atoms with E-state index in [9.17, 15) is 0 Å². The van der Waals surface area contributed by atoms with Crippen LogP contribution in [0.2, 0.25) is 0 Å². The fraction of sp³-hybridized carbons (Fsp3) is 0.867. The molecule has 1 fully saturated rings. The van der Waals surface area contributed by atoms with Crippen molar-refractivity contribution in [3.8, 4) is 0 Å². The standard InChI is InChI=1S/C15H28N4S/c1-5-15(2,3)12-7-6-11(9-16)13(8-12)20-14-17-10-18-19(14)4/h10-13H,5-9,16H2,1-4H3. The highest BCUT2D eigenvalue weighted by atomic mass is 32.2. The van der Waals surface area contributed by atoms with Crippen LogP contribution < -0.4 is 5.73 Å². The van der Waals surface area contributed by atoms with Crippen molar-refractivity contribution < 1.29 is 0 Å². The summed E-state index contributed by atoms with van der Waals surface area (Å²) in [5, 5.41) is 5.76. The number of nitrogens with two attached hydrogens (primary N) is 1. The minimum Gasteiger partial charge on any atom is -0.330 e. The van der Waals surface area contributed by atoms with E-state index in [2.05, 4.69) is 30.9 Å². The second-order valence-corrected chi connectivity index (χ2v) is 7.88. The molecule has 1 aliphatic rings. The van der Waals surface area contributed by atoms with Crippen molar-refractivity contribution in [1.29, 1.82) is 0 Å². The first-order valence-electron chi connectivity index (χ1n) is 7.68. The maximum atomic E-state index is 5.99. The highest BCUT2D eigenvalue weighted by molar-refractivity contribution is 7.99. The van der Waals surface area contributed by atoms with Gasteiger partial charge in [-0.3, -0.25) is 0 Å². The zero-order valence-electron chi connectivity index (χ0n) is 13.2. The van der Waals surface area contributed by atoms with Gasteiger partial charge in [0.15, 0.2) is 5.16 Å². The number of aromatic nitrogens is 3. The predicted molar refractivity (Wildman–Crippen MR) is 84.6 cm³/mol. The number of nitrogens with zero attached hydrogens (tertiary/aromatic N) is 3. The van der Waals surface area contributed by atoms with Crippen LogP contribution in [0, 0.1) is 17.3 Å². The molecular formula is C15H28N4S. The molecule has 5 heteroatoms. The Hall–Kier alpha value is -0.550. The van der Waals surface area contributed by atoms with Crippen molar-refractivity contribution in [3.05, 3.63) is 6.33 Å². The monoisotopic (exact) mass is 296 g/mol. The second kappa shape index (κ2) is 6.48. The molecular weight excluding hydrogens is 268 g/mol. The van der Waals surface area contributed by atoms with Crippen LogP contribution in [0.25, 0.3) is 0 Å². The van der Waals surface area contributed by atoms with Gasteiger partial charge in [0, 0.05) is 12.3 Å². The van der Waals surface area contributed by atoms with Crippen LogP contribution in [0.15, 0.2) is 11.5 Å². The second-order valence-electron chi connectivity index (χ2n) is 6.67. The van der Waals surface area contributed by atoms with Crippen LogP contribution >= 0.6 is 11.8 Å². The summed E-state index contributed by atoms with van der Waals surface area (Å²) in [7, 11) is 1.96. The SMILES string of the molecule is CCC(C)(C)C1CCC(CN)C(Sc2ncnn2C)C1. The average molecular weight is 296 g/mol. The summed E-state index contributed by atoms with van der Waals surface area (Å²) >= 11 is 1.87. The van der Waals surface area contributed by atoms with E-state index in [-0.39, 0.29) is 0 Å². The molecule has 1 saturated carbocycles. The lowest BCUT2D eigenvalue weighted by Crippen LogP contribution is -2.37. The number of aryl methyl sites for hydroxylation is 1. The Morgan fingerprint density at radius 2 is 2.20 bits per heavy atom. The van der Waals surface area contributed by atoms with E-state index >= 15 is 0 Å². The first-order valence-corrected chi connectivity index (χ1v) is 8.56. The molecule has 1 aromatic heterocycles. The molecule has 2 rings (SSSR count). The summed E-state index contributed by atoms with van der Waals surface area (Å²) in [6, 6.07) is 0. The van der Waals surface area contributed by atoms with Crippen molar-refractivity contribution in [1.82, 2.24) is 14.8 Å². The van der Waals surface area contributed by atoms with Crippen LogP contribution in [-0.4, -0.2) is 26.6 Å². The van der Waals surface area contributed by atoms with Gasteiger partial charge in [0.2, 0.25) is 0 Å². The molecule has 0 radical (unpaired) electrons. The van der Waals surface area contributed by atoms with Gasteiger partial charge in [0.25, 0.3) is 0 Å². The zero-order chi connectivity index (χ0) is 14.8. The summed E-state index contributed by atoms with van der Waals surface area (Å²) in [6.07, 6.45) is 6.70. The lowest BCUT2D eigenvalue weighted by molar-refractivity contribution is 0.134. The van der Waals surface area contributed by atoms with Gasteiger partial charge >= 0.3 is 0 Å². The van der Waals surface area contributed by atoms with Crippen molar-refractivity contribution >= 4 is 11.8 Å². The van der Waals surface area contributed by atoms with Gasteiger partial charge in [0.05, 0.1) is 0 Å². The Labute approximate surface area is 126 Å². The molecule has 0 saturated heterocycles. The zero-order valence-corrected chi connectivity index (χ0v) is 14.0. The summed E-state index contributed by atoms with van der Waals surface area (Å²) in [5.41, 5.74) is 6.42. The van der Waals surface area contributed by atoms with Crippen molar-refractivity contribution in [3.63, 3.8) is 0 Å². The highest BCUT2D eigenvalue weighted by Gasteiger charge is 2.37. The van der Waals surface area contributed by atoms with E-state index in [1.165, 1.54) is 25.7 Å². The fourth-order valence-electron chi connectivity index (χ4n) is 3.13. The third-order valence-electron chi connectivity index (χ3n) is 5.17. The Balaban J connectivity index is 2.09. The largest absolute Gasteiger partial charge is 0.330 e. The van der Waals surface area contributed by atoms with Gasteiger partial charge in [-0.1, -0.05) is 39.0 Å². The van der Waals surface area contributed by atoms with Crippen LogP contribution in [0.5, 0.6) is 0 Å². The number of hydrogen-bond acceptors (Lipinski definition) is 4. The molecule has 0 spiro atoms. The van der Waals surface area contributed by atoms with E-state index in [1.807, 2.05) is 23.5 Å². The maximum absolute atomic E-state index is 5.99. The van der Waals surface area contributed by atoms with E-state index in [0.717, 1.165) is 17.6 Å². The van der Waals surface area contributed by atoms with Gasteiger partial charge in [-0.25, -0.2) is 9.67 Å². The van der Waals surface area contributed by atoms with Gasteiger partial charge < -0.3 is 5.73 Å². The lowest BCUT2D eigenvalue weighted by atomic mass is 9.67. The van der Waals surface area contributed by atoms with Gasteiger partial charge in [-0.15, -0.1) is 0 Å². The minimum absolute atomic E-state index is 0.429. The predicted octanol–water partition coefficient (Wildman–Crippen LogP) is 3.09. The average Bonchev–Trinajstić information content (AvgIpc) is 2.84. The molecule has 1 heterocycles. The van der Waals surface area contributed by atoms with Crippen molar-refractivity contribution in [2.75, 3.05) is 6.54 Å². The normalized spacial score (nSPS) is 27.8. The summed E-state index contributed by atoms with van der Waals surface area (Å²) in [5.74, 6) is 1.40. The summed E-state index contributed by atoms with van der Waals surface area (Å²) in [6.45, 7) is 7.91. The molecule has 4 nitrogen and oxygen atoms in total. The van der Waals surface area contributed by atoms with Crippen LogP contribution in [0.4, 0.5) is 0 Å². The third kappa shape index (κ3) is 3.37. The van der Waals surface area contributed by atoms with Crippen LogP contribution in [-0.2, 0) is 7.05 Å². The van der Waals surface area contributed by atoms with E-state index in [4.69, 9.17) is 5.73 Å². The molecule has 1 aromatic rings. The van der Waals surface area contributed by atoms with Gasteiger partial charge in [-0.05, 0) is 43.1 Å². The maximum Gasteiger partial charge on any atom is 0.186 e. The van der Waals surface area contributed by atoms with Crippen LogP contribution in [0.1, 0.15) is 46.5 Å². The Morgan fingerprint density at radius 1 is 1.45 bits per heavy atom. The molecule has 0 aromatic carbocycles. The first-order chi connectivity index (χ1) is 9.47. The van der Waals surface area contributed by atoms with Gasteiger partial charge in [0.1, 0.15) is 6.33 Å². The van der Waals surface area contributed by atoms with Gasteiger partial charge in [-0.2, -0.15) is 5.10 Å². The van der Waals surface area contributed by atoms with E-state index in [1.54, 1.807) is 6.33 Å². The number of rotatable bonds is 5. The molecule has 20 heavy (non-hydrogen) atoms. The fourth-order valence-corrected chi connectivity index (χ4v) is 4.48. The first kappa shape index (κ1) is 15.8. The molecule has 3 atom stereocenters. The molecule has 3 unspecified atom stereocenters. The summed E-state index contributed by atoms with van der Waals surface area (Å²) < 4.78 is 1.87. The lowest BCUT2D eigenvalue weighted by Gasteiger charge is -2.42. The molecule has 0 aliphatic heterocycles. The Morgan fingerprint density at radius 3 is 2.75 bits per heavy atom. The minimum atomic E-state index is 0.429. The van der Waals surface area contributed by atoms with Crippen LogP contribution in [0.3, 0.4) is 0 Å². The van der Waals surface area contributed by atoms with Crippen molar-refractivity contribution in [2.24, 2.45) is 30.0 Å². The molecule has 2 N–H and O–H groups in total. The van der Waals surface area contributed by atoms with E-state index < -0.39 is 0 Å². The Bertz CT molecular complexity index is 429. The topological polar surface area (TPSA) is 56.7 Å². The molecule has 1 aliphatic carbocycles. The highest BCUT2D eigenvalue weighted by Crippen LogP contribution is 2.46. The molecule has 0 bridgehead atoms. The third-order valence-corrected chi connectivity index (χ3v) is 6.63. The number of hydrogen-bond donors (Lipinski definition) is 1. The Kier molecular flexibility index (Phi) is 5.13. The van der Waals surface area contributed by atoms with E-state index in [0.29, 0.717) is 16.6 Å². The van der Waals surface area contributed by atoms with Crippen molar-refractivity contribution in [2.45, 2.75) is 56.9 Å².